The zero-order chi connectivity index (χ0) is 13.8. The van der Waals surface area contributed by atoms with Crippen molar-refractivity contribution >= 4 is 17.5 Å². The van der Waals surface area contributed by atoms with Crippen LogP contribution in [-0.4, -0.2) is 27.8 Å². The summed E-state index contributed by atoms with van der Waals surface area (Å²) >= 11 is 6.07. The van der Waals surface area contributed by atoms with Crippen LogP contribution in [-0.2, 0) is 6.54 Å². The smallest absolute Gasteiger partial charge is 0.256 e. The van der Waals surface area contributed by atoms with E-state index in [9.17, 15) is 4.79 Å². The highest BCUT2D eigenvalue weighted by Gasteiger charge is 2.16. The molecule has 5 heteroatoms. The Bertz CT molecular complexity index is 586. The fourth-order valence-corrected chi connectivity index (χ4v) is 2.01. The van der Waals surface area contributed by atoms with Crippen molar-refractivity contribution in [3.8, 4) is 0 Å². The monoisotopic (exact) mass is 275 g/mol. The van der Waals surface area contributed by atoms with Crippen LogP contribution in [0.1, 0.15) is 21.6 Å². The minimum atomic E-state index is -0.152. The van der Waals surface area contributed by atoms with Gasteiger partial charge in [0, 0.05) is 37.9 Å². The standard InChI is InChI=1S/C14H14ClN3O/c1-10-6-13(15)12(8-17-10)14(19)18(2)9-11-4-3-5-16-7-11/h3-8H,9H2,1-2H3. The summed E-state index contributed by atoms with van der Waals surface area (Å²) in [5.41, 5.74) is 2.17. The minimum absolute atomic E-state index is 0.152. The van der Waals surface area contributed by atoms with Crippen LogP contribution in [0, 0.1) is 6.92 Å². The van der Waals surface area contributed by atoms with Gasteiger partial charge in [0.2, 0.25) is 0 Å². The van der Waals surface area contributed by atoms with Crippen molar-refractivity contribution in [2.75, 3.05) is 7.05 Å². The molecule has 0 N–H and O–H groups in total. The van der Waals surface area contributed by atoms with Crippen LogP contribution < -0.4 is 0 Å². The Labute approximate surface area is 117 Å². The first-order valence-electron chi connectivity index (χ1n) is 5.84. The van der Waals surface area contributed by atoms with Gasteiger partial charge in [0.15, 0.2) is 0 Å². The number of carbonyl (C=O) groups is 1. The van der Waals surface area contributed by atoms with Gasteiger partial charge in [0.05, 0.1) is 10.6 Å². The van der Waals surface area contributed by atoms with E-state index in [1.807, 2.05) is 19.1 Å². The van der Waals surface area contributed by atoms with Gasteiger partial charge >= 0.3 is 0 Å². The van der Waals surface area contributed by atoms with Crippen LogP contribution in [0.15, 0.2) is 36.8 Å². The lowest BCUT2D eigenvalue weighted by Gasteiger charge is -2.17. The van der Waals surface area contributed by atoms with Crippen LogP contribution in [0.25, 0.3) is 0 Å². The normalized spacial score (nSPS) is 10.3. The molecule has 0 saturated heterocycles. The lowest BCUT2D eigenvalue weighted by Crippen LogP contribution is -2.26. The van der Waals surface area contributed by atoms with E-state index in [4.69, 9.17) is 11.6 Å². The van der Waals surface area contributed by atoms with E-state index in [1.54, 1.807) is 30.4 Å². The van der Waals surface area contributed by atoms with Gasteiger partial charge in [-0.2, -0.15) is 0 Å². The molecule has 0 bridgehead atoms. The van der Waals surface area contributed by atoms with E-state index in [1.165, 1.54) is 6.20 Å². The first kappa shape index (κ1) is 13.5. The lowest BCUT2D eigenvalue weighted by atomic mass is 10.2. The van der Waals surface area contributed by atoms with Crippen LogP contribution in [0.5, 0.6) is 0 Å². The third-order valence-corrected chi connectivity index (χ3v) is 3.02. The Balaban J connectivity index is 2.15. The molecule has 98 valence electrons. The largest absolute Gasteiger partial charge is 0.337 e. The highest BCUT2D eigenvalue weighted by Crippen LogP contribution is 2.18. The molecule has 0 saturated carbocycles. The van der Waals surface area contributed by atoms with Crippen molar-refractivity contribution in [3.05, 3.63) is 58.6 Å². The summed E-state index contributed by atoms with van der Waals surface area (Å²) in [5.74, 6) is -0.152. The van der Waals surface area contributed by atoms with E-state index in [2.05, 4.69) is 9.97 Å². The molecule has 0 aliphatic carbocycles. The molecule has 2 heterocycles. The minimum Gasteiger partial charge on any atom is -0.337 e. The molecule has 1 amide bonds. The Morgan fingerprint density at radius 3 is 2.84 bits per heavy atom. The maximum absolute atomic E-state index is 12.3. The predicted molar refractivity (Wildman–Crippen MR) is 74.0 cm³/mol. The van der Waals surface area contributed by atoms with Crippen molar-refractivity contribution in [3.63, 3.8) is 0 Å². The lowest BCUT2D eigenvalue weighted by molar-refractivity contribution is 0.0784. The number of amides is 1. The van der Waals surface area contributed by atoms with Crippen LogP contribution in [0.4, 0.5) is 0 Å². The number of pyridine rings is 2. The topological polar surface area (TPSA) is 46.1 Å². The molecule has 0 aliphatic rings. The summed E-state index contributed by atoms with van der Waals surface area (Å²) in [4.78, 5) is 22.0. The van der Waals surface area contributed by atoms with Gasteiger partial charge in [-0.05, 0) is 24.6 Å². The van der Waals surface area contributed by atoms with E-state index < -0.39 is 0 Å². The Hall–Kier alpha value is -1.94. The Morgan fingerprint density at radius 1 is 1.42 bits per heavy atom. The molecule has 0 atom stereocenters. The van der Waals surface area contributed by atoms with Gasteiger partial charge in [0.25, 0.3) is 5.91 Å². The number of nitrogens with zero attached hydrogens (tertiary/aromatic N) is 3. The molecule has 2 aromatic heterocycles. The summed E-state index contributed by atoms with van der Waals surface area (Å²) in [7, 11) is 1.73. The van der Waals surface area contributed by atoms with Crippen molar-refractivity contribution < 1.29 is 4.79 Å². The second-order valence-corrected chi connectivity index (χ2v) is 4.74. The third-order valence-electron chi connectivity index (χ3n) is 2.71. The molecule has 2 aromatic rings. The van der Waals surface area contributed by atoms with Crippen LogP contribution in [0.2, 0.25) is 5.02 Å². The second-order valence-electron chi connectivity index (χ2n) is 4.33. The van der Waals surface area contributed by atoms with E-state index in [0.29, 0.717) is 17.1 Å². The van der Waals surface area contributed by atoms with Gasteiger partial charge in [-0.1, -0.05) is 17.7 Å². The van der Waals surface area contributed by atoms with Gasteiger partial charge in [0.1, 0.15) is 0 Å². The Kier molecular flexibility index (Phi) is 4.12. The zero-order valence-corrected chi connectivity index (χ0v) is 11.6. The summed E-state index contributed by atoms with van der Waals surface area (Å²) in [6, 6.07) is 5.45. The molecule has 2 rings (SSSR count). The molecule has 0 aliphatic heterocycles. The van der Waals surface area contributed by atoms with Gasteiger partial charge in [-0.15, -0.1) is 0 Å². The molecule has 0 aromatic carbocycles. The van der Waals surface area contributed by atoms with Crippen molar-refractivity contribution in [2.24, 2.45) is 0 Å². The van der Waals surface area contributed by atoms with Crippen molar-refractivity contribution in [2.45, 2.75) is 13.5 Å². The Morgan fingerprint density at radius 2 is 2.21 bits per heavy atom. The van der Waals surface area contributed by atoms with E-state index >= 15 is 0 Å². The SMILES string of the molecule is Cc1cc(Cl)c(C(=O)N(C)Cc2cccnc2)cn1. The molecule has 0 spiro atoms. The highest BCUT2D eigenvalue weighted by atomic mass is 35.5. The number of hydrogen-bond acceptors (Lipinski definition) is 3. The summed E-state index contributed by atoms with van der Waals surface area (Å²) in [6.07, 6.45) is 4.95. The zero-order valence-electron chi connectivity index (χ0n) is 10.8. The molecular weight excluding hydrogens is 262 g/mol. The number of rotatable bonds is 3. The molecule has 0 radical (unpaired) electrons. The van der Waals surface area contributed by atoms with Crippen molar-refractivity contribution in [1.82, 2.24) is 14.9 Å². The van der Waals surface area contributed by atoms with Gasteiger partial charge < -0.3 is 4.90 Å². The maximum Gasteiger partial charge on any atom is 0.256 e. The van der Waals surface area contributed by atoms with Crippen LogP contribution >= 0.6 is 11.6 Å². The van der Waals surface area contributed by atoms with Gasteiger partial charge in [-0.3, -0.25) is 14.8 Å². The van der Waals surface area contributed by atoms with Gasteiger partial charge in [-0.25, -0.2) is 0 Å². The summed E-state index contributed by atoms with van der Waals surface area (Å²) in [5, 5.41) is 0.426. The van der Waals surface area contributed by atoms with Crippen molar-refractivity contribution in [1.29, 1.82) is 0 Å². The molecule has 19 heavy (non-hydrogen) atoms. The number of aryl methyl sites for hydroxylation is 1. The third kappa shape index (κ3) is 3.29. The summed E-state index contributed by atoms with van der Waals surface area (Å²) < 4.78 is 0. The predicted octanol–water partition coefficient (Wildman–Crippen LogP) is 2.71. The maximum atomic E-state index is 12.3. The first-order chi connectivity index (χ1) is 9.08. The highest BCUT2D eigenvalue weighted by molar-refractivity contribution is 6.33. The summed E-state index contributed by atoms with van der Waals surface area (Å²) in [6.45, 7) is 2.32. The first-order valence-corrected chi connectivity index (χ1v) is 6.22. The number of aromatic nitrogens is 2. The molecule has 4 nitrogen and oxygen atoms in total. The molecular formula is C14H14ClN3O. The number of halogens is 1. The average molecular weight is 276 g/mol. The fraction of sp³-hybridized carbons (Fsp3) is 0.214. The van der Waals surface area contributed by atoms with E-state index in [-0.39, 0.29) is 5.91 Å². The number of hydrogen-bond donors (Lipinski definition) is 0. The van der Waals surface area contributed by atoms with E-state index in [0.717, 1.165) is 11.3 Å². The quantitative estimate of drug-likeness (QED) is 0.865. The van der Waals surface area contributed by atoms with Crippen LogP contribution in [0.3, 0.4) is 0 Å². The average Bonchev–Trinajstić information content (AvgIpc) is 2.39. The molecule has 0 fully saturated rings. The molecule has 0 unspecified atom stereocenters. The fourth-order valence-electron chi connectivity index (χ4n) is 1.73. The second kappa shape index (κ2) is 5.80. The number of carbonyl (C=O) groups excluding carboxylic acids is 1.